The maximum Gasteiger partial charge on any atom is 0.0341 e. The number of rotatable bonds is 5. The molecule has 0 spiro atoms. The van der Waals surface area contributed by atoms with Gasteiger partial charge in [0.2, 0.25) is 0 Å². The lowest BCUT2D eigenvalue weighted by molar-refractivity contribution is 0.312. The highest BCUT2D eigenvalue weighted by Gasteiger charge is 2.19. The summed E-state index contributed by atoms with van der Waals surface area (Å²) in [5.41, 5.74) is 1.25. The van der Waals surface area contributed by atoms with Gasteiger partial charge in [-0.2, -0.15) is 0 Å². The molecule has 1 aliphatic carbocycles. The van der Waals surface area contributed by atoms with Gasteiger partial charge >= 0.3 is 0 Å². The van der Waals surface area contributed by atoms with E-state index in [1.54, 1.807) is 11.8 Å². The van der Waals surface area contributed by atoms with Crippen molar-refractivity contribution in [2.75, 3.05) is 25.2 Å². The third kappa shape index (κ3) is 3.92. The molecule has 0 aliphatic heterocycles. The molecule has 1 saturated carbocycles. The molecule has 0 atom stereocenters. The van der Waals surface area contributed by atoms with Gasteiger partial charge in [-0.1, -0.05) is 0 Å². The van der Waals surface area contributed by atoms with Crippen molar-refractivity contribution in [1.82, 2.24) is 5.32 Å². The second-order valence-electron chi connectivity index (χ2n) is 5.12. The van der Waals surface area contributed by atoms with E-state index in [0.29, 0.717) is 0 Å². The molecule has 0 heterocycles. The quantitative estimate of drug-likeness (QED) is 0.795. The van der Waals surface area contributed by atoms with Crippen molar-refractivity contribution in [2.24, 2.45) is 5.92 Å². The van der Waals surface area contributed by atoms with Gasteiger partial charge < -0.3 is 10.6 Å². The van der Waals surface area contributed by atoms with E-state index in [1.807, 2.05) is 0 Å². The predicted molar refractivity (Wildman–Crippen MR) is 81.5 cm³/mol. The summed E-state index contributed by atoms with van der Waals surface area (Å²) in [6.07, 6.45) is 7.47. The minimum Gasteiger partial charge on any atom is -0.385 e. The first-order valence-corrected chi connectivity index (χ1v) is 8.09. The van der Waals surface area contributed by atoms with Gasteiger partial charge in [-0.3, -0.25) is 0 Å². The average molecular weight is 264 g/mol. The Balaban J connectivity index is 1.74. The van der Waals surface area contributed by atoms with Crippen molar-refractivity contribution in [3.63, 3.8) is 0 Å². The minimum absolute atomic E-state index is 0.752. The second kappa shape index (κ2) is 7.05. The molecule has 18 heavy (non-hydrogen) atoms. The van der Waals surface area contributed by atoms with Crippen LogP contribution in [0.3, 0.4) is 0 Å². The Morgan fingerprint density at radius 3 is 2.33 bits per heavy atom. The summed E-state index contributed by atoms with van der Waals surface area (Å²) >= 11 is 1.79. The van der Waals surface area contributed by atoms with Gasteiger partial charge in [0, 0.05) is 23.2 Å². The zero-order valence-corrected chi connectivity index (χ0v) is 12.2. The van der Waals surface area contributed by atoms with E-state index >= 15 is 0 Å². The zero-order chi connectivity index (χ0) is 12.8. The van der Waals surface area contributed by atoms with Gasteiger partial charge in [0.25, 0.3) is 0 Å². The highest BCUT2D eigenvalue weighted by molar-refractivity contribution is 7.98. The van der Waals surface area contributed by atoms with Gasteiger partial charge in [-0.05, 0) is 69.2 Å². The highest BCUT2D eigenvalue weighted by Crippen LogP contribution is 2.25. The lowest BCUT2D eigenvalue weighted by Gasteiger charge is -2.28. The molecular formula is C15H24N2S. The molecule has 2 nitrogen and oxygen atoms in total. The molecule has 0 saturated heterocycles. The van der Waals surface area contributed by atoms with Crippen LogP contribution < -0.4 is 10.6 Å². The molecule has 2 N–H and O–H groups in total. The third-order valence-corrected chi connectivity index (χ3v) is 4.68. The fraction of sp³-hybridized carbons (Fsp3) is 0.600. The summed E-state index contributed by atoms with van der Waals surface area (Å²) in [5.74, 6) is 0.842. The van der Waals surface area contributed by atoms with Gasteiger partial charge in [-0.15, -0.1) is 11.8 Å². The van der Waals surface area contributed by atoms with Crippen LogP contribution in [0, 0.1) is 5.92 Å². The molecule has 3 heteroatoms. The molecule has 1 fully saturated rings. The fourth-order valence-electron chi connectivity index (χ4n) is 2.63. The lowest BCUT2D eigenvalue weighted by atomic mass is 9.86. The first-order chi connectivity index (χ1) is 8.81. The van der Waals surface area contributed by atoms with E-state index in [9.17, 15) is 0 Å². The van der Waals surface area contributed by atoms with Gasteiger partial charge in [-0.25, -0.2) is 0 Å². The molecule has 0 amide bonds. The van der Waals surface area contributed by atoms with Crippen molar-refractivity contribution in [2.45, 2.75) is 36.6 Å². The SMILES string of the molecule is CNC1CCC(CNc2ccc(SC)cc2)CC1. The molecule has 1 aromatic rings. The molecule has 0 unspecified atom stereocenters. The summed E-state index contributed by atoms with van der Waals surface area (Å²) < 4.78 is 0. The van der Waals surface area contributed by atoms with E-state index in [2.05, 4.69) is 48.2 Å². The number of anilines is 1. The second-order valence-corrected chi connectivity index (χ2v) is 6.00. The molecule has 100 valence electrons. The number of benzene rings is 1. The van der Waals surface area contributed by atoms with Gasteiger partial charge in [0.1, 0.15) is 0 Å². The van der Waals surface area contributed by atoms with Crippen molar-refractivity contribution >= 4 is 17.4 Å². The van der Waals surface area contributed by atoms with Crippen LogP contribution >= 0.6 is 11.8 Å². The molecule has 0 bridgehead atoms. The summed E-state index contributed by atoms with van der Waals surface area (Å²) in [6.45, 7) is 1.12. The third-order valence-electron chi connectivity index (χ3n) is 3.94. The normalized spacial score (nSPS) is 23.9. The molecule has 1 aromatic carbocycles. The summed E-state index contributed by atoms with van der Waals surface area (Å²) in [6, 6.07) is 9.49. The minimum atomic E-state index is 0.752. The highest BCUT2D eigenvalue weighted by atomic mass is 32.2. The van der Waals surface area contributed by atoms with Gasteiger partial charge in [0.15, 0.2) is 0 Å². The van der Waals surface area contributed by atoms with Crippen molar-refractivity contribution < 1.29 is 0 Å². The van der Waals surface area contributed by atoms with Crippen LogP contribution in [0.1, 0.15) is 25.7 Å². The Kier molecular flexibility index (Phi) is 5.39. The van der Waals surface area contributed by atoms with Crippen LogP contribution in [-0.4, -0.2) is 25.9 Å². The number of hydrogen-bond donors (Lipinski definition) is 2. The van der Waals surface area contributed by atoms with Crippen LogP contribution in [0.15, 0.2) is 29.2 Å². The van der Waals surface area contributed by atoms with Crippen LogP contribution in [0.5, 0.6) is 0 Å². The monoisotopic (exact) mass is 264 g/mol. The zero-order valence-electron chi connectivity index (χ0n) is 11.4. The van der Waals surface area contributed by atoms with E-state index < -0.39 is 0 Å². The Labute approximate surface area is 115 Å². The number of hydrogen-bond acceptors (Lipinski definition) is 3. The van der Waals surface area contributed by atoms with E-state index in [1.165, 1.54) is 36.3 Å². The standard InChI is InChI=1S/C15H24N2S/c1-16-13-5-3-12(4-6-13)11-17-14-7-9-15(18-2)10-8-14/h7-10,12-13,16-17H,3-6,11H2,1-2H3. The van der Waals surface area contributed by atoms with Crippen LogP contribution in [0.25, 0.3) is 0 Å². The van der Waals surface area contributed by atoms with E-state index in [0.717, 1.165) is 18.5 Å². The molecular weight excluding hydrogens is 240 g/mol. The Morgan fingerprint density at radius 1 is 1.11 bits per heavy atom. The van der Waals surface area contributed by atoms with E-state index in [4.69, 9.17) is 0 Å². The number of thioether (sulfide) groups is 1. The molecule has 2 rings (SSSR count). The maximum atomic E-state index is 3.57. The first kappa shape index (κ1) is 13.8. The fourth-order valence-corrected chi connectivity index (χ4v) is 3.03. The topological polar surface area (TPSA) is 24.1 Å². The summed E-state index contributed by atoms with van der Waals surface area (Å²) in [7, 11) is 2.08. The Hall–Kier alpha value is -0.670. The van der Waals surface area contributed by atoms with Crippen molar-refractivity contribution in [3.8, 4) is 0 Å². The van der Waals surface area contributed by atoms with Crippen LogP contribution in [0.2, 0.25) is 0 Å². The van der Waals surface area contributed by atoms with Crippen LogP contribution in [0.4, 0.5) is 5.69 Å². The molecule has 0 aromatic heterocycles. The Bertz CT molecular complexity index is 342. The Morgan fingerprint density at radius 2 is 1.78 bits per heavy atom. The first-order valence-electron chi connectivity index (χ1n) is 6.87. The van der Waals surface area contributed by atoms with Gasteiger partial charge in [0.05, 0.1) is 0 Å². The predicted octanol–water partition coefficient (Wildman–Crippen LogP) is 3.60. The molecule has 1 aliphatic rings. The summed E-state index contributed by atoms with van der Waals surface area (Å²) in [5, 5.41) is 6.96. The smallest absolute Gasteiger partial charge is 0.0341 e. The van der Waals surface area contributed by atoms with Crippen molar-refractivity contribution in [3.05, 3.63) is 24.3 Å². The average Bonchev–Trinajstić information content (AvgIpc) is 2.46. The summed E-state index contributed by atoms with van der Waals surface area (Å²) in [4.78, 5) is 1.33. The van der Waals surface area contributed by atoms with Crippen molar-refractivity contribution in [1.29, 1.82) is 0 Å². The van der Waals surface area contributed by atoms with E-state index in [-0.39, 0.29) is 0 Å². The lowest BCUT2D eigenvalue weighted by Crippen LogP contribution is -2.32. The van der Waals surface area contributed by atoms with Crippen LogP contribution in [-0.2, 0) is 0 Å². The maximum absolute atomic E-state index is 3.57. The largest absolute Gasteiger partial charge is 0.385 e. The number of nitrogens with one attached hydrogen (secondary N) is 2. The molecule has 0 radical (unpaired) electrons.